The molecule has 2 heterocycles. The molecule has 5 nitrogen and oxygen atoms in total. The molecule has 1 fully saturated rings. The molecule has 32 heavy (non-hydrogen) atoms. The Balaban J connectivity index is 1.42. The van der Waals surface area contributed by atoms with Gasteiger partial charge in [-0.05, 0) is 60.7 Å². The van der Waals surface area contributed by atoms with Crippen molar-refractivity contribution in [1.29, 1.82) is 0 Å². The van der Waals surface area contributed by atoms with Crippen molar-refractivity contribution in [2.45, 2.75) is 44.4 Å². The molecule has 0 spiro atoms. The summed E-state index contributed by atoms with van der Waals surface area (Å²) in [6.45, 7) is 1.85. The number of hydrogen-bond acceptors (Lipinski definition) is 3. The molecule has 1 saturated heterocycles. The maximum Gasteiger partial charge on any atom is 0.419 e. The number of carbonyl (C=O) groups is 2. The minimum absolute atomic E-state index is 0.0897. The average molecular weight is 449 g/mol. The highest BCUT2D eigenvalue weighted by Gasteiger charge is 2.34. The van der Waals surface area contributed by atoms with Crippen LogP contribution in [0, 0.1) is 5.82 Å². The second kappa shape index (κ2) is 8.90. The van der Waals surface area contributed by atoms with Crippen LogP contribution in [0.15, 0.2) is 36.4 Å². The number of nitrogens with zero attached hydrogens (tertiary/aromatic N) is 1. The molecule has 2 amide bonds. The Labute approximate surface area is 182 Å². The summed E-state index contributed by atoms with van der Waals surface area (Å²) in [5.74, 6) is -1.76. The molecule has 2 aliphatic rings. The molecule has 0 unspecified atom stereocenters. The minimum atomic E-state index is -4.78. The topological polar surface area (TPSA) is 61.4 Å². The van der Waals surface area contributed by atoms with E-state index >= 15 is 0 Å². The Morgan fingerprint density at radius 2 is 2.00 bits per heavy atom. The van der Waals surface area contributed by atoms with E-state index in [1.165, 1.54) is 0 Å². The Morgan fingerprint density at radius 3 is 2.69 bits per heavy atom. The summed E-state index contributed by atoms with van der Waals surface area (Å²) in [6.07, 6.45) is -2.63. The lowest BCUT2D eigenvalue weighted by Gasteiger charge is -2.32. The van der Waals surface area contributed by atoms with Crippen LogP contribution in [0.1, 0.15) is 35.1 Å². The van der Waals surface area contributed by atoms with Gasteiger partial charge in [-0.1, -0.05) is 18.2 Å². The van der Waals surface area contributed by atoms with Crippen LogP contribution in [0.25, 0.3) is 0 Å². The largest absolute Gasteiger partial charge is 0.419 e. The van der Waals surface area contributed by atoms with Gasteiger partial charge in [0.1, 0.15) is 5.82 Å². The van der Waals surface area contributed by atoms with Gasteiger partial charge in [-0.3, -0.25) is 9.59 Å². The number of benzene rings is 2. The Morgan fingerprint density at radius 1 is 1.19 bits per heavy atom. The van der Waals surface area contributed by atoms with Crippen LogP contribution in [0.4, 0.5) is 23.2 Å². The molecular formula is C23H23F4N3O2. The van der Waals surface area contributed by atoms with E-state index in [9.17, 15) is 27.2 Å². The first-order valence-electron chi connectivity index (χ1n) is 10.5. The van der Waals surface area contributed by atoms with Crippen molar-refractivity contribution in [3.63, 3.8) is 0 Å². The highest BCUT2D eigenvalue weighted by molar-refractivity contribution is 5.93. The van der Waals surface area contributed by atoms with Gasteiger partial charge in [0.05, 0.1) is 18.0 Å². The fraction of sp³-hybridized carbons (Fsp3) is 0.391. The molecule has 0 aliphatic carbocycles. The van der Waals surface area contributed by atoms with Crippen molar-refractivity contribution < 1.29 is 27.2 Å². The smallest absolute Gasteiger partial charge is 0.337 e. The number of alkyl halides is 3. The van der Waals surface area contributed by atoms with Crippen molar-refractivity contribution in [2.75, 3.05) is 18.4 Å². The lowest BCUT2D eigenvalue weighted by Crippen LogP contribution is -2.45. The Bertz CT molecular complexity index is 1030. The fourth-order valence-electron chi connectivity index (χ4n) is 4.31. The second-order valence-corrected chi connectivity index (χ2v) is 8.14. The molecule has 0 aromatic heterocycles. The van der Waals surface area contributed by atoms with Gasteiger partial charge in [-0.15, -0.1) is 0 Å². The van der Waals surface area contributed by atoms with Crippen molar-refractivity contribution >= 4 is 17.5 Å². The minimum Gasteiger partial charge on any atom is -0.337 e. The van der Waals surface area contributed by atoms with Crippen LogP contribution in [-0.2, 0) is 35.2 Å². The van der Waals surface area contributed by atoms with Crippen molar-refractivity contribution in [3.8, 4) is 0 Å². The summed E-state index contributed by atoms with van der Waals surface area (Å²) in [4.78, 5) is 27.0. The zero-order valence-corrected chi connectivity index (χ0v) is 17.3. The second-order valence-electron chi connectivity index (χ2n) is 8.14. The van der Waals surface area contributed by atoms with Gasteiger partial charge in [0, 0.05) is 18.8 Å². The summed E-state index contributed by atoms with van der Waals surface area (Å²) in [7, 11) is 0. The van der Waals surface area contributed by atoms with Gasteiger partial charge in [0.25, 0.3) is 0 Å². The maximum absolute atomic E-state index is 13.8. The van der Waals surface area contributed by atoms with Gasteiger partial charge >= 0.3 is 6.18 Å². The van der Waals surface area contributed by atoms with Gasteiger partial charge < -0.3 is 15.5 Å². The van der Waals surface area contributed by atoms with E-state index in [0.29, 0.717) is 31.3 Å². The van der Waals surface area contributed by atoms with E-state index in [-0.39, 0.29) is 23.9 Å². The third kappa shape index (κ3) is 4.77. The van der Waals surface area contributed by atoms with E-state index in [0.717, 1.165) is 42.6 Å². The molecule has 2 aromatic carbocycles. The molecule has 4 rings (SSSR count). The first-order chi connectivity index (χ1) is 15.2. The van der Waals surface area contributed by atoms with E-state index in [4.69, 9.17) is 0 Å². The Kier molecular flexibility index (Phi) is 6.19. The van der Waals surface area contributed by atoms with Crippen molar-refractivity contribution in [3.05, 3.63) is 64.5 Å². The lowest BCUT2D eigenvalue weighted by atomic mass is 9.97. The van der Waals surface area contributed by atoms with Gasteiger partial charge in [0.15, 0.2) is 0 Å². The predicted octanol–water partition coefficient (Wildman–Crippen LogP) is 3.66. The third-order valence-electron chi connectivity index (χ3n) is 5.91. The quantitative estimate of drug-likeness (QED) is 0.701. The normalized spacial score (nSPS) is 18.4. The van der Waals surface area contributed by atoms with Gasteiger partial charge in [0.2, 0.25) is 11.8 Å². The SMILES string of the molecule is O=C(Cc1ccc(C(F)(F)F)c(F)c1)Nc1cccc2c1CCN(C(=O)[C@@H]1CCCN1)C2. The highest BCUT2D eigenvalue weighted by atomic mass is 19.4. The molecule has 2 N–H and O–H groups in total. The van der Waals surface area contributed by atoms with Crippen LogP contribution in [0.5, 0.6) is 0 Å². The van der Waals surface area contributed by atoms with E-state index in [1.54, 1.807) is 12.1 Å². The van der Waals surface area contributed by atoms with Crippen LogP contribution < -0.4 is 10.6 Å². The number of carbonyl (C=O) groups excluding carboxylic acids is 2. The Hall–Kier alpha value is -2.94. The summed E-state index contributed by atoms with van der Waals surface area (Å²) < 4.78 is 51.9. The lowest BCUT2D eigenvalue weighted by molar-refractivity contribution is -0.140. The van der Waals surface area contributed by atoms with E-state index < -0.39 is 23.5 Å². The van der Waals surface area contributed by atoms with Crippen LogP contribution in [0.2, 0.25) is 0 Å². The number of hydrogen-bond donors (Lipinski definition) is 2. The van der Waals surface area contributed by atoms with Crippen LogP contribution >= 0.6 is 0 Å². The monoisotopic (exact) mass is 449 g/mol. The zero-order chi connectivity index (χ0) is 22.9. The number of anilines is 1. The summed E-state index contributed by atoms with van der Waals surface area (Å²) in [5, 5.41) is 6.00. The molecule has 0 saturated carbocycles. The zero-order valence-electron chi connectivity index (χ0n) is 17.3. The van der Waals surface area contributed by atoms with Crippen LogP contribution in [0.3, 0.4) is 0 Å². The number of amides is 2. The maximum atomic E-state index is 13.8. The molecule has 0 radical (unpaired) electrons. The number of fused-ring (bicyclic) bond motifs is 1. The van der Waals surface area contributed by atoms with E-state index in [1.807, 2.05) is 11.0 Å². The van der Waals surface area contributed by atoms with E-state index in [2.05, 4.69) is 10.6 Å². The first-order valence-corrected chi connectivity index (χ1v) is 10.5. The molecule has 2 aliphatic heterocycles. The highest BCUT2D eigenvalue weighted by Crippen LogP contribution is 2.32. The average Bonchev–Trinajstić information content (AvgIpc) is 3.27. The number of halogens is 4. The summed E-state index contributed by atoms with van der Waals surface area (Å²) in [6, 6.07) is 7.80. The van der Waals surface area contributed by atoms with Crippen molar-refractivity contribution in [1.82, 2.24) is 10.2 Å². The molecular weight excluding hydrogens is 426 g/mol. The summed E-state index contributed by atoms with van der Waals surface area (Å²) >= 11 is 0. The standard InChI is InChI=1S/C23H23F4N3O2/c24-18-11-14(6-7-17(18)23(25,26)27)12-21(31)29-19-4-1-3-15-13-30(10-8-16(15)19)22(32)20-5-2-9-28-20/h1,3-4,6-7,11,20,28H,2,5,8-10,12-13H2,(H,29,31)/t20-/m0/s1. The predicted molar refractivity (Wildman–Crippen MR) is 110 cm³/mol. The molecule has 2 aromatic rings. The summed E-state index contributed by atoms with van der Waals surface area (Å²) in [5.41, 5.74) is 1.28. The molecule has 9 heteroatoms. The fourth-order valence-corrected chi connectivity index (χ4v) is 4.31. The van der Waals surface area contributed by atoms with Crippen LogP contribution in [-0.4, -0.2) is 35.8 Å². The third-order valence-corrected chi connectivity index (χ3v) is 5.91. The first kappa shape index (κ1) is 22.3. The molecule has 1 atom stereocenters. The van der Waals surface area contributed by atoms with Gasteiger partial charge in [-0.25, -0.2) is 4.39 Å². The number of rotatable bonds is 4. The van der Waals surface area contributed by atoms with Gasteiger partial charge in [-0.2, -0.15) is 13.2 Å². The van der Waals surface area contributed by atoms with Crippen molar-refractivity contribution in [2.24, 2.45) is 0 Å². The number of nitrogens with one attached hydrogen (secondary N) is 2. The molecule has 0 bridgehead atoms. The molecule has 170 valence electrons.